The topological polar surface area (TPSA) is 40.5 Å². The molecule has 1 heterocycles. The van der Waals surface area contributed by atoms with Gasteiger partial charge in [-0.1, -0.05) is 48.3 Å². The van der Waals surface area contributed by atoms with Crippen LogP contribution in [0.15, 0.2) is 35.8 Å². The predicted molar refractivity (Wildman–Crippen MR) is 82.9 cm³/mol. The minimum atomic E-state index is -0.143. The first-order valence-corrected chi connectivity index (χ1v) is 6.92. The molecule has 1 N–H and O–H groups in total. The summed E-state index contributed by atoms with van der Waals surface area (Å²) in [6.07, 6.45) is 3.31. The summed E-state index contributed by atoms with van der Waals surface area (Å²) < 4.78 is 0.517. The van der Waals surface area contributed by atoms with Crippen molar-refractivity contribution in [1.82, 2.24) is 4.90 Å². The van der Waals surface area contributed by atoms with Crippen LogP contribution >= 0.6 is 24.0 Å². The summed E-state index contributed by atoms with van der Waals surface area (Å²) in [6.45, 7) is 5.83. The van der Waals surface area contributed by atoms with Crippen LogP contribution in [0.1, 0.15) is 11.1 Å². The van der Waals surface area contributed by atoms with Crippen molar-refractivity contribution in [2.75, 3.05) is 6.54 Å². The normalized spacial score (nSPS) is 17.3. The highest BCUT2D eigenvalue weighted by Gasteiger charge is 2.31. The third-order valence-corrected chi connectivity index (χ3v) is 4.12. The average Bonchev–Trinajstić information content (AvgIpc) is 2.63. The summed E-state index contributed by atoms with van der Waals surface area (Å²) in [5.74, 6) is 0.0484. The lowest BCUT2D eigenvalue weighted by atomic mass is 10.1. The predicted octanol–water partition coefficient (Wildman–Crippen LogP) is 3.09. The number of rotatable bonds is 3. The molecule has 1 aliphatic rings. The lowest BCUT2D eigenvalue weighted by Crippen LogP contribution is -2.27. The minimum Gasteiger partial charge on any atom is -0.507 e. The van der Waals surface area contributed by atoms with Gasteiger partial charge in [-0.2, -0.15) is 0 Å². The van der Waals surface area contributed by atoms with Gasteiger partial charge in [-0.3, -0.25) is 9.69 Å². The van der Waals surface area contributed by atoms with Gasteiger partial charge in [-0.15, -0.1) is 6.58 Å². The van der Waals surface area contributed by atoms with Gasteiger partial charge in [0, 0.05) is 12.1 Å². The Morgan fingerprint density at radius 2 is 2.26 bits per heavy atom. The number of benzene rings is 1. The number of para-hydroxylation sites is 1. The molecule has 0 spiro atoms. The fraction of sp³-hybridized carbons (Fsp3) is 0.143. The van der Waals surface area contributed by atoms with Gasteiger partial charge in [-0.05, 0) is 18.6 Å². The summed E-state index contributed by atoms with van der Waals surface area (Å²) >= 11 is 6.39. The van der Waals surface area contributed by atoms with Crippen LogP contribution in [0.25, 0.3) is 6.08 Å². The average molecular weight is 291 g/mol. The van der Waals surface area contributed by atoms with Crippen molar-refractivity contribution >= 4 is 40.3 Å². The summed E-state index contributed by atoms with van der Waals surface area (Å²) in [6, 6.07) is 5.42. The number of aromatic hydroxyl groups is 1. The second kappa shape index (κ2) is 5.59. The number of carbonyl (C=O) groups is 1. The van der Waals surface area contributed by atoms with E-state index in [4.69, 9.17) is 12.2 Å². The van der Waals surface area contributed by atoms with Crippen LogP contribution in [0.2, 0.25) is 0 Å². The zero-order chi connectivity index (χ0) is 14.0. The van der Waals surface area contributed by atoms with E-state index in [1.165, 1.54) is 16.7 Å². The Labute approximate surface area is 121 Å². The molecule has 1 aromatic rings. The van der Waals surface area contributed by atoms with E-state index in [9.17, 15) is 9.90 Å². The Morgan fingerprint density at radius 3 is 2.95 bits per heavy atom. The molecule has 98 valence electrons. The first kappa shape index (κ1) is 13.8. The number of aryl methyl sites for hydroxylation is 1. The highest BCUT2D eigenvalue weighted by molar-refractivity contribution is 8.26. The highest BCUT2D eigenvalue weighted by atomic mass is 32.2. The van der Waals surface area contributed by atoms with E-state index < -0.39 is 0 Å². The number of nitrogens with zero attached hydrogens (tertiary/aromatic N) is 1. The smallest absolute Gasteiger partial charge is 0.266 e. The first-order chi connectivity index (χ1) is 9.04. The van der Waals surface area contributed by atoms with Crippen molar-refractivity contribution < 1.29 is 9.90 Å². The van der Waals surface area contributed by atoms with Crippen LogP contribution in [0.4, 0.5) is 0 Å². The van der Waals surface area contributed by atoms with Crippen LogP contribution in [-0.4, -0.2) is 26.8 Å². The molecule has 1 saturated heterocycles. The summed E-state index contributed by atoms with van der Waals surface area (Å²) in [5, 5.41) is 9.95. The highest BCUT2D eigenvalue weighted by Crippen LogP contribution is 2.34. The third-order valence-electron chi connectivity index (χ3n) is 2.74. The molecule has 0 radical (unpaired) electrons. The van der Waals surface area contributed by atoms with Crippen LogP contribution in [0.5, 0.6) is 5.75 Å². The lowest BCUT2D eigenvalue weighted by Gasteiger charge is -2.10. The van der Waals surface area contributed by atoms with Crippen LogP contribution in [0.3, 0.4) is 0 Å². The van der Waals surface area contributed by atoms with Crippen molar-refractivity contribution in [3.63, 3.8) is 0 Å². The SMILES string of the molecule is C=CCN1C(=O)/C(=C\c2cccc(C)c2O)SC1=S. The molecule has 0 bridgehead atoms. The van der Waals surface area contributed by atoms with E-state index in [0.717, 1.165) is 5.56 Å². The number of hydrogen-bond donors (Lipinski definition) is 1. The van der Waals surface area contributed by atoms with Gasteiger partial charge in [0.2, 0.25) is 0 Å². The maximum atomic E-state index is 12.1. The number of phenols is 1. The number of carbonyl (C=O) groups excluding carboxylic acids is 1. The van der Waals surface area contributed by atoms with Gasteiger partial charge in [0.05, 0.1) is 4.91 Å². The minimum absolute atomic E-state index is 0.143. The molecule has 3 nitrogen and oxygen atoms in total. The zero-order valence-electron chi connectivity index (χ0n) is 10.4. The number of thiocarbonyl (C=S) groups is 1. The van der Waals surface area contributed by atoms with Gasteiger partial charge in [0.1, 0.15) is 10.1 Å². The molecule has 5 heteroatoms. The second-order valence-electron chi connectivity index (χ2n) is 4.09. The van der Waals surface area contributed by atoms with Crippen molar-refractivity contribution in [2.45, 2.75) is 6.92 Å². The van der Waals surface area contributed by atoms with Crippen molar-refractivity contribution in [2.24, 2.45) is 0 Å². The summed E-state index contributed by atoms with van der Waals surface area (Å²) in [7, 11) is 0. The summed E-state index contributed by atoms with van der Waals surface area (Å²) in [4.78, 5) is 14.1. The van der Waals surface area contributed by atoms with Crippen LogP contribution < -0.4 is 0 Å². The molecular weight excluding hydrogens is 278 g/mol. The van der Waals surface area contributed by atoms with E-state index in [-0.39, 0.29) is 11.7 Å². The molecule has 1 fully saturated rings. The third kappa shape index (κ3) is 2.72. The molecule has 0 saturated carbocycles. The molecule has 1 aromatic carbocycles. The lowest BCUT2D eigenvalue weighted by molar-refractivity contribution is -0.121. The molecule has 2 rings (SSSR count). The maximum Gasteiger partial charge on any atom is 0.266 e. The van der Waals surface area contributed by atoms with Crippen molar-refractivity contribution in [3.05, 3.63) is 46.9 Å². The molecule has 0 aromatic heterocycles. The molecule has 0 atom stereocenters. The second-order valence-corrected chi connectivity index (χ2v) is 5.77. The van der Waals surface area contributed by atoms with Gasteiger partial charge in [0.25, 0.3) is 5.91 Å². The molecular formula is C14H13NO2S2. The van der Waals surface area contributed by atoms with E-state index >= 15 is 0 Å². The standard InChI is InChI=1S/C14H13NO2S2/c1-3-7-15-13(17)11(19-14(15)18)8-10-6-4-5-9(2)12(10)16/h3-6,8,16H,1,7H2,2H3/b11-8+. The Bertz CT molecular complexity index is 593. The quantitative estimate of drug-likeness (QED) is 0.528. The molecule has 0 unspecified atom stereocenters. The van der Waals surface area contributed by atoms with Gasteiger partial charge in [0.15, 0.2) is 0 Å². The van der Waals surface area contributed by atoms with Gasteiger partial charge < -0.3 is 5.11 Å². The van der Waals surface area contributed by atoms with Gasteiger partial charge in [-0.25, -0.2) is 0 Å². The molecule has 1 amide bonds. The number of hydrogen-bond acceptors (Lipinski definition) is 4. The fourth-order valence-electron chi connectivity index (χ4n) is 1.73. The number of phenolic OH excluding ortho intramolecular Hbond substituents is 1. The maximum absolute atomic E-state index is 12.1. The Balaban J connectivity index is 2.35. The van der Waals surface area contributed by atoms with E-state index in [2.05, 4.69) is 6.58 Å². The van der Waals surface area contributed by atoms with E-state index in [1.807, 2.05) is 19.1 Å². The first-order valence-electron chi connectivity index (χ1n) is 5.69. The summed E-state index contributed by atoms with van der Waals surface area (Å²) in [5.41, 5.74) is 1.40. The van der Waals surface area contributed by atoms with Gasteiger partial charge >= 0.3 is 0 Å². The van der Waals surface area contributed by atoms with Crippen LogP contribution in [0, 0.1) is 6.92 Å². The molecule has 19 heavy (non-hydrogen) atoms. The zero-order valence-corrected chi connectivity index (χ0v) is 12.1. The monoisotopic (exact) mass is 291 g/mol. The Kier molecular flexibility index (Phi) is 4.07. The fourth-order valence-corrected chi connectivity index (χ4v) is 2.99. The van der Waals surface area contributed by atoms with Crippen molar-refractivity contribution in [3.8, 4) is 5.75 Å². The number of amides is 1. The Morgan fingerprint density at radius 1 is 1.53 bits per heavy atom. The Hall–Kier alpha value is -1.59. The largest absolute Gasteiger partial charge is 0.507 e. The van der Waals surface area contributed by atoms with E-state index in [0.29, 0.717) is 21.3 Å². The molecule has 1 aliphatic heterocycles. The van der Waals surface area contributed by atoms with Crippen molar-refractivity contribution in [1.29, 1.82) is 0 Å². The number of thioether (sulfide) groups is 1. The molecule has 0 aliphatic carbocycles. The van der Waals surface area contributed by atoms with E-state index in [1.54, 1.807) is 18.2 Å². The van der Waals surface area contributed by atoms with Crippen LogP contribution in [-0.2, 0) is 4.79 Å².